The zero-order chi connectivity index (χ0) is 19.5. The molecule has 1 aromatic rings. The summed E-state index contributed by atoms with van der Waals surface area (Å²) in [4.78, 5) is 36.6. The van der Waals surface area contributed by atoms with Gasteiger partial charge in [0.2, 0.25) is 5.91 Å². The van der Waals surface area contributed by atoms with E-state index in [1.54, 1.807) is 32.9 Å². The van der Waals surface area contributed by atoms with Crippen molar-refractivity contribution in [1.29, 1.82) is 0 Å². The van der Waals surface area contributed by atoms with Crippen LogP contribution in [0.4, 0.5) is 14.9 Å². The van der Waals surface area contributed by atoms with Crippen LogP contribution in [0.15, 0.2) is 18.2 Å². The van der Waals surface area contributed by atoms with Crippen LogP contribution >= 0.6 is 22.6 Å². The average molecular weight is 478 g/mol. The molecule has 1 atom stereocenters. The van der Waals surface area contributed by atoms with E-state index in [0.29, 0.717) is 9.26 Å². The number of amides is 2. The molecule has 0 unspecified atom stereocenters. The van der Waals surface area contributed by atoms with Gasteiger partial charge in [0.05, 0.1) is 18.8 Å². The van der Waals surface area contributed by atoms with Crippen LogP contribution in [0.1, 0.15) is 27.2 Å². The first-order valence-corrected chi connectivity index (χ1v) is 9.05. The summed E-state index contributed by atoms with van der Waals surface area (Å²) in [5, 5.41) is 2.54. The molecule has 26 heavy (non-hydrogen) atoms. The van der Waals surface area contributed by atoms with Gasteiger partial charge in [-0.05, 0) is 61.6 Å². The quantitative estimate of drug-likeness (QED) is 0.400. The molecule has 2 rings (SSSR count). The van der Waals surface area contributed by atoms with Crippen molar-refractivity contribution in [3.8, 4) is 0 Å². The molecule has 142 valence electrons. The van der Waals surface area contributed by atoms with Gasteiger partial charge in [0.1, 0.15) is 23.9 Å². The summed E-state index contributed by atoms with van der Waals surface area (Å²) in [6.07, 6.45) is -1.62. The summed E-state index contributed by atoms with van der Waals surface area (Å²) in [6.45, 7) is 5.36. The summed E-state index contributed by atoms with van der Waals surface area (Å²) in [7, 11) is 0. The third-order valence-electron chi connectivity index (χ3n) is 3.34. The number of benzene rings is 1. The van der Waals surface area contributed by atoms with Crippen molar-refractivity contribution in [1.82, 2.24) is 5.32 Å². The minimum Gasteiger partial charge on any atom is -0.460 e. The number of nitrogens with zero attached hydrogens (tertiary/aromatic N) is 1. The first-order valence-electron chi connectivity index (χ1n) is 7.97. The lowest BCUT2D eigenvalue weighted by Crippen LogP contribution is -2.36. The number of rotatable bonds is 5. The van der Waals surface area contributed by atoms with Gasteiger partial charge >= 0.3 is 12.1 Å². The van der Waals surface area contributed by atoms with Crippen molar-refractivity contribution in [2.24, 2.45) is 0 Å². The molecule has 1 saturated heterocycles. The van der Waals surface area contributed by atoms with Crippen LogP contribution in [0.3, 0.4) is 0 Å². The number of esters is 1. The number of hydrogen-bond donors (Lipinski definition) is 1. The number of cyclic esters (lactones) is 1. The predicted octanol–water partition coefficient (Wildman–Crippen LogP) is 2.60. The smallest absolute Gasteiger partial charge is 0.414 e. The molecule has 9 heteroatoms. The Balaban J connectivity index is 1.84. The highest BCUT2D eigenvalue weighted by atomic mass is 127. The largest absolute Gasteiger partial charge is 0.460 e. The van der Waals surface area contributed by atoms with E-state index in [1.807, 2.05) is 22.6 Å². The fourth-order valence-electron chi connectivity index (χ4n) is 2.29. The van der Waals surface area contributed by atoms with Crippen molar-refractivity contribution in [2.45, 2.75) is 38.9 Å². The van der Waals surface area contributed by atoms with E-state index in [0.717, 1.165) is 0 Å². The van der Waals surface area contributed by atoms with Gasteiger partial charge in [0, 0.05) is 3.57 Å². The minimum atomic E-state index is -0.665. The van der Waals surface area contributed by atoms with E-state index in [2.05, 4.69) is 5.32 Å². The van der Waals surface area contributed by atoms with Gasteiger partial charge in [-0.25, -0.2) is 9.18 Å². The minimum absolute atomic E-state index is 0.0523. The lowest BCUT2D eigenvalue weighted by atomic mass is 10.2. The maximum absolute atomic E-state index is 13.7. The Hall–Kier alpha value is -1.91. The number of hydrogen-bond acceptors (Lipinski definition) is 5. The van der Waals surface area contributed by atoms with E-state index in [1.165, 1.54) is 11.0 Å². The highest BCUT2D eigenvalue weighted by Crippen LogP contribution is 2.24. The Bertz CT molecular complexity index is 720. The highest BCUT2D eigenvalue weighted by Gasteiger charge is 2.33. The Labute approximate surface area is 164 Å². The molecule has 2 amide bonds. The number of ether oxygens (including phenoxy) is 2. The molecule has 0 aromatic heterocycles. The molecule has 1 heterocycles. The molecule has 0 saturated carbocycles. The van der Waals surface area contributed by atoms with Crippen molar-refractivity contribution in [3.63, 3.8) is 0 Å². The summed E-state index contributed by atoms with van der Waals surface area (Å²) < 4.78 is 24.3. The number of anilines is 1. The standard InChI is InChI=1S/C17H20FIN2O5/c1-17(2,3)26-15(23)7-14(22)20-8-11-9-21(16(24)25-11)10-4-5-13(19)12(18)6-10/h4-6,11H,7-9H2,1-3H3,(H,20,22)/t11-/m0/s1. The summed E-state index contributed by atoms with van der Waals surface area (Å²) in [5.74, 6) is -1.58. The summed E-state index contributed by atoms with van der Waals surface area (Å²) in [6, 6.07) is 4.44. The third-order valence-corrected chi connectivity index (χ3v) is 4.22. The third kappa shape index (κ3) is 5.82. The summed E-state index contributed by atoms with van der Waals surface area (Å²) >= 11 is 1.86. The molecule has 1 N–H and O–H groups in total. The first-order chi connectivity index (χ1) is 12.0. The molecule has 0 spiro atoms. The lowest BCUT2D eigenvalue weighted by Gasteiger charge is -2.19. The molecular formula is C17H20FIN2O5. The SMILES string of the molecule is CC(C)(C)OC(=O)CC(=O)NC[C@H]1CN(c2ccc(I)c(F)c2)C(=O)O1. The predicted molar refractivity (Wildman–Crippen MR) is 100 cm³/mol. The van der Waals surface area contributed by atoms with Crippen LogP contribution in [0.5, 0.6) is 0 Å². The molecule has 0 radical (unpaired) electrons. The topological polar surface area (TPSA) is 84.9 Å². The lowest BCUT2D eigenvalue weighted by molar-refractivity contribution is -0.156. The van der Waals surface area contributed by atoms with Crippen LogP contribution < -0.4 is 10.2 Å². The fraction of sp³-hybridized carbons (Fsp3) is 0.471. The van der Waals surface area contributed by atoms with Crippen LogP contribution in [-0.4, -0.2) is 42.8 Å². The highest BCUT2D eigenvalue weighted by molar-refractivity contribution is 14.1. The van der Waals surface area contributed by atoms with Gasteiger partial charge in [-0.2, -0.15) is 0 Å². The van der Waals surface area contributed by atoms with Gasteiger partial charge < -0.3 is 14.8 Å². The fourth-order valence-corrected chi connectivity index (χ4v) is 2.63. The van der Waals surface area contributed by atoms with Crippen molar-refractivity contribution >= 4 is 46.2 Å². The Morgan fingerprint density at radius 1 is 1.42 bits per heavy atom. The van der Waals surface area contributed by atoms with Gasteiger partial charge in [-0.1, -0.05) is 0 Å². The molecule has 1 aliphatic rings. The Morgan fingerprint density at radius 2 is 2.12 bits per heavy atom. The van der Waals surface area contributed by atoms with Gasteiger partial charge in [0.25, 0.3) is 0 Å². The van der Waals surface area contributed by atoms with Crippen LogP contribution in [0.25, 0.3) is 0 Å². The molecule has 1 aromatic carbocycles. The molecule has 1 fully saturated rings. The van der Waals surface area contributed by atoms with Gasteiger partial charge in [-0.3, -0.25) is 14.5 Å². The van der Waals surface area contributed by atoms with Crippen molar-refractivity contribution < 1.29 is 28.2 Å². The molecule has 1 aliphatic heterocycles. The Kier molecular flexibility index (Phi) is 6.43. The van der Waals surface area contributed by atoms with E-state index < -0.39 is 41.9 Å². The van der Waals surface area contributed by atoms with Gasteiger partial charge in [-0.15, -0.1) is 0 Å². The normalized spacial score (nSPS) is 17.0. The molecule has 0 aliphatic carbocycles. The van der Waals surface area contributed by atoms with E-state index >= 15 is 0 Å². The second-order valence-electron chi connectivity index (χ2n) is 6.78. The molecule has 7 nitrogen and oxygen atoms in total. The van der Waals surface area contributed by atoms with Crippen LogP contribution in [-0.2, 0) is 19.1 Å². The average Bonchev–Trinajstić information content (AvgIpc) is 2.87. The number of halogens is 2. The van der Waals surface area contributed by atoms with E-state index in [4.69, 9.17) is 9.47 Å². The molecule has 0 bridgehead atoms. The number of carbonyl (C=O) groups is 3. The maximum Gasteiger partial charge on any atom is 0.414 e. The Morgan fingerprint density at radius 3 is 2.73 bits per heavy atom. The first kappa shape index (κ1) is 20.4. The monoisotopic (exact) mass is 478 g/mol. The molecular weight excluding hydrogens is 458 g/mol. The van der Waals surface area contributed by atoms with E-state index in [-0.39, 0.29) is 13.1 Å². The second kappa shape index (κ2) is 8.19. The van der Waals surface area contributed by atoms with Crippen LogP contribution in [0, 0.1) is 9.39 Å². The van der Waals surface area contributed by atoms with E-state index in [9.17, 15) is 18.8 Å². The number of nitrogens with one attached hydrogen (secondary N) is 1. The van der Waals surface area contributed by atoms with Crippen LogP contribution in [0.2, 0.25) is 0 Å². The van der Waals surface area contributed by atoms with Crippen molar-refractivity contribution in [3.05, 3.63) is 27.6 Å². The zero-order valence-electron chi connectivity index (χ0n) is 14.7. The van der Waals surface area contributed by atoms with Gasteiger partial charge in [0.15, 0.2) is 0 Å². The number of carbonyl (C=O) groups excluding carboxylic acids is 3. The summed E-state index contributed by atoms with van der Waals surface area (Å²) in [5.41, 5.74) is -0.280. The van der Waals surface area contributed by atoms with Crippen molar-refractivity contribution in [2.75, 3.05) is 18.0 Å². The maximum atomic E-state index is 13.7. The second-order valence-corrected chi connectivity index (χ2v) is 7.94. The zero-order valence-corrected chi connectivity index (χ0v) is 16.8.